The quantitative estimate of drug-likeness (QED) is 0.729. The summed E-state index contributed by atoms with van der Waals surface area (Å²) in [6.45, 7) is 1.46. The van der Waals surface area contributed by atoms with Gasteiger partial charge in [0, 0.05) is 18.8 Å². The Hall–Kier alpha value is -1.22. The minimum atomic E-state index is -0.712. The second-order valence-corrected chi connectivity index (χ2v) is 2.71. The van der Waals surface area contributed by atoms with E-state index in [9.17, 15) is 9.90 Å². The molecule has 1 N–H and O–H groups in total. The van der Waals surface area contributed by atoms with Crippen LogP contribution in [0, 0.1) is 0 Å². The van der Waals surface area contributed by atoms with Gasteiger partial charge in [0.15, 0.2) is 0 Å². The number of aromatic nitrogens is 1. The lowest BCUT2D eigenvalue weighted by molar-refractivity contribution is -0.118. The lowest BCUT2D eigenvalue weighted by atomic mass is 10.1. The average molecular weight is 165 g/mol. The third-order valence-electron chi connectivity index (χ3n) is 1.55. The lowest BCUT2D eigenvalue weighted by Crippen LogP contribution is -2.03. The minimum absolute atomic E-state index is 0.0219. The summed E-state index contributed by atoms with van der Waals surface area (Å²) < 4.78 is 0. The van der Waals surface area contributed by atoms with Gasteiger partial charge >= 0.3 is 0 Å². The maximum absolute atomic E-state index is 10.6. The monoisotopic (exact) mass is 165 g/mol. The lowest BCUT2D eigenvalue weighted by Gasteiger charge is -2.06. The van der Waals surface area contributed by atoms with Gasteiger partial charge < -0.3 is 5.11 Å². The van der Waals surface area contributed by atoms with E-state index in [1.54, 1.807) is 24.5 Å². The van der Waals surface area contributed by atoms with E-state index in [0.717, 1.165) is 0 Å². The number of pyridine rings is 1. The zero-order valence-corrected chi connectivity index (χ0v) is 6.90. The largest absolute Gasteiger partial charge is 0.388 e. The third-order valence-corrected chi connectivity index (χ3v) is 1.55. The molecule has 1 atom stereocenters. The molecule has 1 heterocycles. The van der Waals surface area contributed by atoms with Crippen molar-refractivity contribution in [3.63, 3.8) is 0 Å². The molecule has 12 heavy (non-hydrogen) atoms. The minimum Gasteiger partial charge on any atom is -0.388 e. The van der Waals surface area contributed by atoms with Gasteiger partial charge in [0.1, 0.15) is 5.78 Å². The van der Waals surface area contributed by atoms with Crippen molar-refractivity contribution >= 4 is 5.78 Å². The van der Waals surface area contributed by atoms with Crippen molar-refractivity contribution in [2.75, 3.05) is 0 Å². The molecule has 0 saturated carbocycles. The molecule has 0 aliphatic heterocycles. The molecule has 0 aliphatic rings. The fourth-order valence-corrected chi connectivity index (χ4v) is 0.963. The van der Waals surface area contributed by atoms with Crippen LogP contribution in [-0.2, 0) is 4.79 Å². The second kappa shape index (κ2) is 3.97. The number of nitrogens with zero attached hydrogens (tertiary/aromatic N) is 1. The Labute approximate surface area is 71.1 Å². The van der Waals surface area contributed by atoms with E-state index in [2.05, 4.69) is 4.98 Å². The summed E-state index contributed by atoms with van der Waals surface area (Å²) in [6, 6.07) is 3.49. The fourth-order valence-electron chi connectivity index (χ4n) is 0.963. The van der Waals surface area contributed by atoms with Gasteiger partial charge in [-0.05, 0) is 18.6 Å². The molecule has 0 bridgehead atoms. The van der Waals surface area contributed by atoms with Crippen molar-refractivity contribution in [1.82, 2.24) is 4.98 Å². The standard InChI is InChI=1S/C9H11NO2/c1-7(11)5-9(12)8-3-2-4-10-6-8/h2-4,6,9,12H,5H2,1H3. The smallest absolute Gasteiger partial charge is 0.132 e. The predicted molar refractivity (Wildman–Crippen MR) is 44.5 cm³/mol. The maximum Gasteiger partial charge on any atom is 0.132 e. The molecule has 1 unspecified atom stereocenters. The highest BCUT2D eigenvalue weighted by atomic mass is 16.3. The first kappa shape index (κ1) is 8.87. The topological polar surface area (TPSA) is 50.2 Å². The number of hydrogen-bond donors (Lipinski definition) is 1. The van der Waals surface area contributed by atoms with Crippen LogP contribution in [0.25, 0.3) is 0 Å². The van der Waals surface area contributed by atoms with Crippen LogP contribution in [0.1, 0.15) is 25.0 Å². The van der Waals surface area contributed by atoms with E-state index in [1.165, 1.54) is 6.92 Å². The summed E-state index contributed by atoms with van der Waals surface area (Å²) in [5.41, 5.74) is 0.688. The number of ketones is 1. The van der Waals surface area contributed by atoms with Gasteiger partial charge in [-0.1, -0.05) is 6.07 Å². The number of carbonyl (C=O) groups excluding carboxylic acids is 1. The molecule has 0 saturated heterocycles. The molecule has 1 aromatic rings. The molecule has 64 valence electrons. The second-order valence-electron chi connectivity index (χ2n) is 2.71. The van der Waals surface area contributed by atoms with Gasteiger partial charge in [0.25, 0.3) is 0 Å². The molecule has 3 heteroatoms. The average Bonchev–Trinajstić information content (AvgIpc) is 2.05. The van der Waals surface area contributed by atoms with Gasteiger partial charge in [-0.15, -0.1) is 0 Å². The van der Waals surface area contributed by atoms with Gasteiger partial charge in [0.05, 0.1) is 6.10 Å². The van der Waals surface area contributed by atoms with Gasteiger partial charge in [-0.3, -0.25) is 9.78 Å². The molecule has 1 aromatic heterocycles. The number of aliphatic hydroxyl groups excluding tert-OH is 1. The SMILES string of the molecule is CC(=O)CC(O)c1cccnc1. The van der Waals surface area contributed by atoms with Crippen LogP contribution in [0.5, 0.6) is 0 Å². The maximum atomic E-state index is 10.6. The zero-order valence-electron chi connectivity index (χ0n) is 6.90. The first-order valence-electron chi connectivity index (χ1n) is 3.77. The highest BCUT2D eigenvalue weighted by molar-refractivity contribution is 5.76. The highest BCUT2D eigenvalue weighted by Crippen LogP contribution is 2.14. The first-order chi connectivity index (χ1) is 5.70. The summed E-state index contributed by atoms with van der Waals surface area (Å²) >= 11 is 0. The molecule has 0 spiro atoms. The van der Waals surface area contributed by atoms with Crippen molar-refractivity contribution in [3.05, 3.63) is 30.1 Å². The normalized spacial score (nSPS) is 12.5. The molecule has 0 fully saturated rings. The number of carbonyl (C=O) groups is 1. The van der Waals surface area contributed by atoms with Crippen LogP contribution in [0.3, 0.4) is 0 Å². The Morgan fingerprint density at radius 1 is 1.75 bits per heavy atom. The first-order valence-corrected chi connectivity index (χ1v) is 3.77. The Bertz CT molecular complexity index is 258. The van der Waals surface area contributed by atoms with E-state index >= 15 is 0 Å². The molecular weight excluding hydrogens is 154 g/mol. The zero-order chi connectivity index (χ0) is 8.97. The summed E-state index contributed by atoms with van der Waals surface area (Å²) in [7, 11) is 0. The molecule has 3 nitrogen and oxygen atoms in total. The highest BCUT2D eigenvalue weighted by Gasteiger charge is 2.08. The van der Waals surface area contributed by atoms with E-state index in [-0.39, 0.29) is 12.2 Å². The molecule has 0 radical (unpaired) electrons. The number of hydrogen-bond acceptors (Lipinski definition) is 3. The molecule has 0 aromatic carbocycles. The molecule has 0 aliphatic carbocycles. The van der Waals surface area contributed by atoms with Crippen LogP contribution < -0.4 is 0 Å². The molecular formula is C9H11NO2. The fraction of sp³-hybridized carbons (Fsp3) is 0.333. The van der Waals surface area contributed by atoms with Crippen molar-refractivity contribution in [2.24, 2.45) is 0 Å². The summed E-state index contributed by atoms with van der Waals surface area (Å²) in [5, 5.41) is 9.43. The van der Waals surface area contributed by atoms with Gasteiger partial charge in [0.2, 0.25) is 0 Å². The number of aliphatic hydroxyl groups is 1. The van der Waals surface area contributed by atoms with Crippen molar-refractivity contribution in [2.45, 2.75) is 19.4 Å². The Kier molecular flexibility index (Phi) is 2.94. The molecule has 1 rings (SSSR count). The predicted octanol–water partition coefficient (Wildman–Crippen LogP) is 1.09. The van der Waals surface area contributed by atoms with Crippen LogP contribution in [0.15, 0.2) is 24.5 Å². The van der Waals surface area contributed by atoms with Gasteiger partial charge in [-0.25, -0.2) is 0 Å². The van der Waals surface area contributed by atoms with Crippen LogP contribution >= 0.6 is 0 Å². The number of rotatable bonds is 3. The number of Topliss-reactive ketones (excluding diaryl/α,β-unsaturated/α-hetero) is 1. The summed E-state index contributed by atoms with van der Waals surface area (Å²) in [4.78, 5) is 14.5. The molecule has 0 amide bonds. The summed E-state index contributed by atoms with van der Waals surface area (Å²) in [5.74, 6) is -0.0219. The van der Waals surface area contributed by atoms with E-state index in [1.807, 2.05) is 0 Å². The van der Waals surface area contributed by atoms with E-state index < -0.39 is 6.10 Å². The Morgan fingerprint density at radius 3 is 3.00 bits per heavy atom. The van der Waals surface area contributed by atoms with Crippen molar-refractivity contribution in [3.8, 4) is 0 Å². The third kappa shape index (κ3) is 2.43. The van der Waals surface area contributed by atoms with Crippen LogP contribution in [0.4, 0.5) is 0 Å². The van der Waals surface area contributed by atoms with Crippen molar-refractivity contribution < 1.29 is 9.90 Å². The Balaban J connectivity index is 2.65. The van der Waals surface area contributed by atoms with Gasteiger partial charge in [-0.2, -0.15) is 0 Å². The van der Waals surface area contributed by atoms with E-state index in [0.29, 0.717) is 5.56 Å². The van der Waals surface area contributed by atoms with Crippen molar-refractivity contribution in [1.29, 1.82) is 0 Å². The van der Waals surface area contributed by atoms with E-state index in [4.69, 9.17) is 0 Å². The Morgan fingerprint density at radius 2 is 2.50 bits per heavy atom. The van der Waals surface area contributed by atoms with Crippen LogP contribution in [-0.4, -0.2) is 15.9 Å². The summed E-state index contributed by atoms with van der Waals surface area (Å²) in [6.07, 6.45) is 2.64. The van der Waals surface area contributed by atoms with Crippen LogP contribution in [0.2, 0.25) is 0 Å².